The molecule has 1 aromatic heterocycles. The zero-order valence-electron chi connectivity index (χ0n) is 9.54. The number of nitrogens with zero attached hydrogens (tertiary/aromatic N) is 2. The quantitative estimate of drug-likeness (QED) is 0.869. The minimum absolute atomic E-state index is 0.217. The molecule has 6 heteroatoms. The van der Waals surface area contributed by atoms with Gasteiger partial charge in [0.1, 0.15) is 16.8 Å². The van der Waals surface area contributed by atoms with Crippen molar-refractivity contribution in [2.24, 2.45) is 0 Å². The van der Waals surface area contributed by atoms with E-state index in [-0.39, 0.29) is 6.54 Å². The Morgan fingerprint density at radius 1 is 1.11 bits per heavy atom. The van der Waals surface area contributed by atoms with Crippen molar-refractivity contribution in [3.63, 3.8) is 0 Å². The lowest BCUT2D eigenvalue weighted by molar-refractivity contribution is 0.580. The van der Waals surface area contributed by atoms with Crippen molar-refractivity contribution in [2.45, 2.75) is 13.5 Å². The van der Waals surface area contributed by atoms with Gasteiger partial charge >= 0.3 is 0 Å². The maximum atomic E-state index is 13.0. The number of benzene rings is 1. The van der Waals surface area contributed by atoms with E-state index in [4.69, 9.17) is 11.6 Å². The van der Waals surface area contributed by atoms with Gasteiger partial charge in [0, 0.05) is 18.3 Å². The van der Waals surface area contributed by atoms with E-state index in [1.54, 1.807) is 13.0 Å². The van der Waals surface area contributed by atoms with Crippen LogP contribution >= 0.6 is 11.6 Å². The molecule has 0 amide bonds. The molecule has 0 unspecified atom stereocenters. The summed E-state index contributed by atoms with van der Waals surface area (Å²) in [6, 6.07) is 4.93. The smallest absolute Gasteiger partial charge is 0.224 e. The number of hydrogen-bond donors (Lipinski definition) is 1. The van der Waals surface area contributed by atoms with Gasteiger partial charge in [-0.05, 0) is 30.7 Å². The molecule has 0 bridgehead atoms. The maximum absolute atomic E-state index is 13.0. The van der Waals surface area contributed by atoms with E-state index in [1.165, 1.54) is 12.1 Å². The molecule has 0 saturated heterocycles. The number of hydrogen-bond acceptors (Lipinski definition) is 3. The molecule has 0 atom stereocenters. The van der Waals surface area contributed by atoms with Gasteiger partial charge in [-0.25, -0.2) is 18.7 Å². The second-order valence-electron chi connectivity index (χ2n) is 3.79. The monoisotopic (exact) mass is 269 g/mol. The molecular formula is C12H10ClF2N3. The van der Waals surface area contributed by atoms with Crippen molar-refractivity contribution in [3.8, 4) is 0 Å². The van der Waals surface area contributed by atoms with Gasteiger partial charge in [-0.15, -0.1) is 0 Å². The van der Waals surface area contributed by atoms with Gasteiger partial charge in [0.05, 0.1) is 0 Å². The molecule has 94 valence electrons. The zero-order valence-corrected chi connectivity index (χ0v) is 10.3. The molecule has 1 aromatic carbocycles. The molecular weight excluding hydrogens is 260 g/mol. The van der Waals surface area contributed by atoms with Crippen LogP contribution in [0.3, 0.4) is 0 Å². The van der Waals surface area contributed by atoms with Crippen LogP contribution < -0.4 is 5.32 Å². The first-order valence-corrected chi connectivity index (χ1v) is 5.61. The average molecular weight is 270 g/mol. The molecule has 0 spiro atoms. The van der Waals surface area contributed by atoms with E-state index < -0.39 is 11.6 Å². The van der Waals surface area contributed by atoms with E-state index in [9.17, 15) is 8.78 Å². The lowest BCUT2D eigenvalue weighted by Gasteiger charge is -2.06. The van der Waals surface area contributed by atoms with Crippen LogP contribution in [0.1, 0.15) is 11.3 Å². The molecule has 0 aliphatic heterocycles. The second kappa shape index (κ2) is 5.27. The fourth-order valence-electron chi connectivity index (χ4n) is 1.50. The Morgan fingerprint density at radius 3 is 2.39 bits per heavy atom. The normalized spacial score (nSPS) is 10.4. The summed E-state index contributed by atoms with van der Waals surface area (Å²) in [6.45, 7) is 2.00. The van der Waals surface area contributed by atoms with Crippen molar-refractivity contribution in [1.29, 1.82) is 0 Å². The summed E-state index contributed by atoms with van der Waals surface area (Å²) in [4.78, 5) is 8.05. The zero-order chi connectivity index (χ0) is 13.1. The largest absolute Gasteiger partial charge is 0.350 e. The summed E-state index contributed by atoms with van der Waals surface area (Å²) in [6.07, 6.45) is 0. The molecule has 1 heterocycles. The highest BCUT2D eigenvalue weighted by atomic mass is 35.5. The van der Waals surface area contributed by atoms with Gasteiger partial charge in [0.25, 0.3) is 0 Å². The topological polar surface area (TPSA) is 37.8 Å². The summed E-state index contributed by atoms with van der Waals surface area (Å²) in [5, 5.41) is 3.17. The summed E-state index contributed by atoms with van der Waals surface area (Å²) in [5.41, 5.74) is 1.18. The van der Waals surface area contributed by atoms with Crippen molar-refractivity contribution < 1.29 is 8.78 Å². The van der Waals surface area contributed by atoms with Crippen LogP contribution in [-0.4, -0.2) is 9.97 Å². The van der Waals surface area contributed by atoms with Crippen LogP contribution in [0.2, 0.25) is 5.15 Å². The molecule has 2 aromatic rings. The third-order valence-corrected chi connectivity index (χ3v) is 2.39. The predicted molar refractivity (Wildman–Crippen MR) is 65.5 cm³/mol. The minimum atomic E-state index is -0.616. The molecule has 0 fully saturated rings. The van der Waals surface area contributed by atoms with E-state index in [1.807, 2.05) is 0 Å². The van der Waals surface area contributed by atoms with Crippen LogP contribution in [0.4, 0.5) is 14.7 Å². The third kappa shape index (κ3) is 3.37. The Morgan fingerprint density at radius 2 is 1.78 bits per heavy atom. The Bertz CT molecular complexity index is 483. The van der Waals surface area contributed by atoms with E-state index >= 15 is 0 Å². The molecule has 0 saturated carbocycles. The number of nitrogens with one attached hydrogen (secondary N) is 1. The van der Waals surface area contributed by atoms with Gasteiger partial charge in [0.2, 0.25) is 5.95 Å². The van der Waals surface area contributed by atoms with Gasteiger partial charge < -0.3 is 5.32 Å². The van der Waals surface area contributed by atoms with Gasteiger partial charge in [-0.1, -0.05) is 11.6 Å². The van der Waals surface area contributed by atoms with Crippen LogP contribution in [0.15, 0.2) is 24.3 Å². The fraction of sp³-hybridized carbons (Fsp3) is 0.167. The molecule has 0 aliphatic rings. The Kier molecular flexibility index (Phi) is 3.72. The molecule has 0 aliphatic carbocycles. The first kappa shape index (κ1) is 12.7. The summed E-state index contributed by atoms with van der Waals surface area (Å²) in [7, 11) is 0. The highest BCUT2D eigenvalue weighted by Crippen LogP contribution is 2.12. The van der Waals surface area contributed by atoms with Gasteiger partial charge in [-0.2, -0.15) is 0 Å². The first-order chi connectivity index (χ1) is 8.52. The average Bonchev–Trinajstić information content (AvgIpc) is 2.23. The molecule has 1 N–H and O–H groups in total. The maximum Gasteiger partial charge on any atom is 0.224 e. The standard InChI is InChI=1S/C12H10ClF2N3/c1-7-2-11(13)18-12(17-7)16-6-8-3-9(14)5-10(15)4-8/h2-5H,6H2,1H3,(H,16,17,18). The minimum Gasteiger partial charge on any atom is -0.350 e. The van der Waals surface area contributed by atoms with Crippen molar-refractivity contribution in [2.75, 3.05) is 5.32 Å². The highest BCUT2D eigenvalue weighted by Gasteiger charge is 2.03. The molecule has 2 rings (SSSR count). The summed E-state index contributed by atoms with van der Waals surface area (Å²) >= 11 is 5.77. The van der Waals surface area contributed by atoms with E-state index in [0.29, 0.717) is 22.4 Å². The molecule has 3 nitrogen and oxygen atoms in total. The van der Waals surface area contributed by atoms with Crippen LogP contribution in [0.25, 0.3) is 0 Å². The Hall–Kier alpha value is -1.75. The number of aryl methyl sites for hydroxylation is 1. The van der Waals surface area contributed by atoms with Crippen molar-refractivity contribution in [3.05, 3.63) is 52.3 Å². The van der Waals surface area contributed by atoms with Gasteiger partial charge in [0.15, 0.2) is 0 Å². The summed E-state index contributed by atoms with van der Waals surface area (Å²) in [5.74, 6) is -0.908. The third-order valence-electron chi connectivity index (χ3n) is 2.20. The van der Waals surface area contributed by atoms with E-state index in [2.05, 4.69) is 15.3 Å². The molecule has 18 heavy (non-hydrogen) atoms. The number of halogens is 3. The lowest BCUT2D eigenvalue weighted by Crippen LogP contribution is -2.05. The number of aromatic nitrogens is 2. The number of anilines is 1. The highest BCUT2D eigenvalue weighted by molar-refractivity contribution is 6.29. The Labute approximate surface area is 108 Å². The predicted octanol–water partition coefficient (Wildman–Crippen LogP) is 3.33. The SMILES string of the molecule is Cc1cc(Cl)nc(NCc2cc(F)cc(F)c2)n1. The lowest BCUT2D eigenvalue weighted by atomic mass is 10.2. The van der Waals surface area contributed by atoms with Crippen molar-refractivity contribution >= 4 is 17.5 Å². The first-order valence-electron chi connectivity index (χ1n) is 5.23. The van der Waals surface area contributed by atoms with Crippen LogP contribution in [-0.2, 0) is 6.54 Å². The number of rotatable bonds is 3. The van der Waals surface area contributed by atoms with Gasteiger partial charge in [-0.3, -0.25) is 0 Å². The van der Waals surface area contributed by atoms with Crippen molar-refractivity contribution in [1.82, 2.24) is 9.97 Å². The second-order valence-corrected chi connectivity index (χ2v) is 4.17. The molecule has 0 radical (unpaired) electrons. The Balaban J connectivity index is 2.11. The van der Waals surface area contributed by atoms with E-state index in [0.717, 1.165) is 6.07 Å². The fourth-order valence-corrected chi connectivity index (χ4v) is 1.74. The summed E-state index contributed by atoms with van der Waals surface area (Å²) < 4.78 is 25.9. The van der Waals surface area contributed by atoms with Crippen LogP contribution in [0.5, 0.6) is 0 Å². The van der Waals surface area contributed by atoms with Crippen LogP contribution in [0, 0.1) is 18.6 Å².